The fourth-order valence-electron chi connectivity index (χ4n) is 2.46. The van der Waals surface area contributed by atoms with E-state index in [1.807, 2.05) is 45.0 Å². The average Bonchev–Trinajstić information content (AvgIpc) is 2.57. The number of amides is 1. The van der Waals surface area contributed by atoms with Crippen LogP contribution < -0.4 is 0 Å². The topological polar surface area (TPSA) is 38.8 Å². The van der Waals surface area contributed by atoms with Crippen LogP contribution in [0.15, 0.2) is 41.4 Å². The number of nitrogens with zero attached hydrogens (tertiary/aromatic N) is 1. The number of carbonyl (C=O) groups is 1. The Hall–Kier alpha value is -1.17. The fourth-order valence-corrected chi connectivity index (χ4v) is 2.86. The third kappa shape index (κ3) is 5.43. The zero-order valence-corrected chi connectivity index (χ0v) is 16.9. The van der Waals surface area contributed by atoms with Crippen LogP contribution in [0.2, 0.25) is 0 Å². The number of rotatable bonds is 9. The van der Waals surface area contributed by atoms with E-state index in [1.165, 1.54) is 12.2 Å². The van der Waals surface area contributed by atoms with Crippen molar-refractivity contribution in [1.29, 1.82) is 0 Å². The molecule has 5 heteroatoms. The first-order chi connectivity index (χ1) is 11.2. The van der Waals surface area contributed by atoms with Crippen molar-refractivity contribution in [2.75, 3.05) is 20.8 Å². The molecule has 0 saturated carbocycles. The smallest absolute Gasteiger partial charge is 0.256 e. The maximum Gasteiger partial charge on any atom is 0.256 e. The van der Waals surface area contributed by atoms with E-state index in [-0.39, 0.29) is 11.5 Å². The minimum absolute atomic E-state index is 0.0777. The third-order valence-corrected chi connectivity index (χ3v) is 4.77. The summed E-state index contributed by atoms with van der Waals surface area (Å²) < 4.78 is 6.76. The molecule has 1 rings (SSSR count). The predicted molar refractivity (Wildman–Crippen MR) is 101 cm³/mol. The van der Waals surface area contributed by atoms with Gasteiger partial charge in [-0.05, 0) is 51.3 Å². The second-order valence-corrected chi connectivity index (χ2v) is 7.50. The van der Waals surface area contributed by atoms with Crippen molar-refractivity contribution in [2.45, 2.75) is 44.6 Å². The Balaban J connectivity index is 2.94. The van der Waals surface area contributed by atoms with Gasteiger partial charge in [0.05, 0.1) is 18.1 Å². The largest absolute Gasteiger partial charge is 0.372 e. The summed E-state index contributed by atoms with van der Waals surface area (Å²) in [5, 5.41) is 1.29. The van der Waals surface area contributed by atoms with Crippen LogP contribution in [0, 0.1) is 0 Å². The lowest BCUT2D eigenvalue weighted by atomic mass is 9.77. The molecule has 0 aliphatic rings. The fraction of sp³-hybridized carbons (Fsp3) is 0.526. The van der Waals surface area contributed by atoms with Gasteiger partial charge in [0.25, 0.3) is 5.91 Å². The Bertz CT molecular complexity index is 573. The van der Waals surface area contributed by atoms with E-state index >= 15 is 0 Å². The number of carbonyl (C=O) groups excluding carboxylic acids is 1. The van der Waals surface area contributed by atoms with Gasteiger partial charge in [-0.1, -0.05) is 34.1 Å². The van der Waals surface area contributed by atoms with Crippen LogP contribution in [-0.4, -0.2) is 37.3 Å². The first kappa shape index (κ1) is 20.9. The molecule has 1 aromatic carbocycles. The number of hydrogen-bond acceptors (Lipinski definition) is 3. The van der Waals surface area contributed by atoms with Gasteiger partial charge in [0.2, 0.25) is 0 Å². The molecular weight excluding hydrogens is 370 g/mol. The zero-order chi connectivity index (χ0) is 18.4. The Morgan fingerprint density at radius 3 is 2.58 bits per heavy atom. The third-order valence-electron chi connectivity index (χ3n) is 4.28. The molecule has 4 nitrogen and oxygen atoms in total. The molecule has 0 heterocycles. The molecule has 0 N–H and O–H groups in total. The van der Waals surface area contributed by atoms with E-state index < -0.39 is 5.41 Å². The van der Waals surface area contributed by atoms with Gasteiger partial charge in [0.1, 0.15) is 0 Å². The summed E-state index contributed by atoms with van der Waals surface area (Å²) in [6.45, 7) is 10.2. The molecule has 0 spiro atoms. The van der Waals surface area contributed by atoms with Crippen molar-refractivity contribution in [1.82, 2.24) is 5.06 Å². The van der Waals surface area contributed by atoms with Crippen LogP contribution in [0.5, 0.6) is 0 Å². The summed E-state index contributed by atoms with van der Waals surface area (Å²) in [6.07, 6.45) is 3.19. The van der Waals surface area contributed by atoms with Crippen molar-refractivity contribution >= 4 is 21.8 Å². The Kier molecular flexibility index (Phi) is 7.64. The monoisotopic (exact) mass is 397 g/mol. The number of halogens is 1. The first-order valence-corrected chi connectivity index (χ1v) is 8.81. The molecular formula is C19H28BrNO3. The van der Waals surface area contributed by atoms with Gasteiger partial charge < -0.3 is 4.74 Å². The summed E-state index contributed by atoms with van der Waals surface area (Å²) in [4.78, 5) is 18.0. The van der Waals surface area contributed by atoms with Gasteiger partial charge in [0, 0.05) is 18.1 Å². The van der Waals surface area contributed by atoms with E-state index in [2.05, 4.69) is 22.5 Å². The quantitative estimate of drug-likeness (QED) is 0.350. The van der Waals surface area contributed by atoms with Gasteiger partial charge >= 0.3 is 0 Å². The normalized spacial score (nSPS) is 14.1. The Morgan fingerprint density at radius 2 is 2.04 bits per heavy atom. The summed E-state index contributed by atoms with van der Waals surface area (Å²) in [7, 11) is 3.13. The van der Waals surface area contributed by atoms with Gasteiger partial charge in [-0.25, -0.2) is 5.06 Å². The summed E-state index contributed by atoms with van der Waals surface area (Å²) >= 11 is 3.48. The number of ether oxygens (including phenoxy) is 1. The van der Waals surface area contributed by atoms with E-state index in [0.717, 1.165) is 16.5 Å². The first-order valence-electron chi connectivity index (χ1n) is 8.02. The highest BCUT2D eigenvalue weighted by atomic mass is 79.9. The van der Waals surface area contributed by atoms with E-state index in [9.17, 15) is 4.79 Å². The van der Waals surface area contributed by atoms with Crippen LogP contribution in [0.4, 0.5) is 0 Å². The molecule has 1 unspecified atom stereocenters. The lowest BCUT2D eigenvalue weighted by molar-refractivity contribution is -0.175. The summed E-state index contributed by atoms with van der Waals surface area (Å²) in [6, 6.07) is 7.84. The number of hydroxylamine groups is 2. The highest BCUT2D eigenvalue weighted by Crippen LogP contribution is 2.33. The van der Waals surface area contributed by atoms with Crippen LogP contribution in [-0.2, 0) is 19.8 Å². The molecule has 0 saturated heterocycles. The van der Waals surface area contributed by atoms with E-state index in [0.29, 0.717) is 13.0 Å². The lowest BCUT2D eigenvalue weighted by Gasteiger charge is -2.32. The van der Waals surface area contributed by atoms with Gasteiger partial charge in [-0.15, -0.1) is 6.58 Å². The number of likely N-dealkylation sites (N-methyl/N-ethyl adjacent to an activating group) is 1. The second-order valence-electron chi connectivity index (χ2n) is 6.59. The molecule has 0 aliphatic carbocycles. The SMILES string of the molecule is C=CC(C)(C)OCCCC(C)(C(=O)N(C)OC)c1cccc(Br)c1. The number of hydrogen-bond donors (Lipinski definition) is 0. The van der Waals surface area contributed by atoms with Crippen molar-refractivity contribution < 1.29 is 14.4 Å². The minimum Gasteiger partial charge on any atom is -0.372 e. The van der Waals surface area contributed by atoms with Crippen LogP contribution >= 0.6 is 15.9 Å². The van der Waals surface area contributed by atoms with E-state index in [4.69, 9.17) is 9.57 Å². The molecule has 24 heavy (non-hydrogen) atoms. The lowest BCUT2D eigenvalue weighted by Crippen LogP contribution is -2.43. The molecule has 0 radical (unpaired) electrons. The molecule has 134 valence electrons. The van der Waals surface area contributed by atoms with Gasteiger partial charge in [-0.3, -0.25) is 9.63 Å². The maximum atomic E-state index is 12.9. The minimum atomic E-state index is -0.684. The van der Waals surface area contributed by atoms with Gasteiger partial charge in [-0.2, -0.15) is 0 Å². The molecule has 1 amide bonds. The average molecular weight is 398 g/mol. The van der Waals surface area contributed by atoms with Crippen LogP contribution in [0.25, 0.3) is 0 Å². The highest BCUT2D eigenvalue weighted by molar-refractivity contribution is 9.10. The van der Waals surface area contributed by atoms with Crippen molar-refractivity contribution in [2.24, 2.45) is 0 Å². The molecule has 0 aromatic heterocycles. The standard InChI is InChI=1S/C19H28BrNO3/c1-7-18(2,3)24-13-9-12-19(4,17(22)21(5)23-6)15-10-8-11-16(20)14-15/h7-8,10-11,14H,1,9,12-13H2,2-6H3. The summed E-state index contributed by atoms with van der Waals surface area (Å²) in [5.41, 5.74) is -0.0934. The molecule has 0 fully saturated rings. The number of benzene rings is 1. The second kappa shape index (κ2) is 8.79. The van der Waals surface area contributed by atoms with Crippen LogP contribution in [0.1, 0.15) is 39.2 Å². The summed E-state index contributed by atoms with van der Waals surface area (Å²) in [5.74, 6) is -0.0777. The van der Waals surface area contributed by atoms with Crippen molar-refractivity contribution in [3.8, 4) is 0 Å². The van der Waals surface area contributed by atoms with Gasteiger partial charge in [0.15, 0.2) is 0 Å². The maximum absolute atomic E-state index is 12.9. The molecule has 1 aromatic rings. The highest BCUT2D eigenvalue weighted by Gasteiger charge is 2.37. The molecule has 0 aliphatic heterocycles. The molecule has 1 atom stereocenters. The van der Waals surface area contributed by atoms with Crippen molar-refractivity contribution in [3.05, 3.63) is 47.0 Å². The van der Waals surface area contributed by atoms with E-state index in [1.54, 1.807) is 13.1 Å². The Labute approximate surface area is 153 Å². The zero-order valence-electron chi connectivity index (χ0n) is 15.3. The predicted octanol–water partition coefficient (Wildman–Crippen LogP) is 4.49. The molecule has 0 bridgehead atoms. The van der Waals surface area contributed by atoms with Crippen molar-refractivity contribution in [3.63, 3.8) is 0 Å². The van der Waals surface area contributed by atoms with Crippen LogP contribution in [0.3, 0.4) is 0 Å². The Morgan fingerprint density at radius 1 is 1.38 bits per heavy atom.